The maximum Gasteiger partial charge on any atom is 0.416 e. The number of rotatable bonds is 10. The lowest BCUT2D eigenvalue weighted by molar-refractivity contribution is -0.137. The van der Waals surface area contributed by atoms with Gasteiger partial charge in [0.2, 0.25) is 0 Å². The van der Waals surface area contributed by atoms with E-state index in [4.69, 9.17) is 4.74 Å². The summed E-state index contributed by atoms with van der Waals surface area (Å²) < 4.78 is 61.6. The van der Waals surface area contributed by atoms with Crippen LogP contribution in [0.25, 0.3) is 0 Å². The number of carbonyl (C=O) groups is 2. The van der Waals surface area contributed by atoms with E-state index in [2.05, 4.69) is 25.8 Å². The van der Waals surface area contributed by atoms with Gasteiger partial charge in [-0.3, -0.25) is 14.7 Å². The molecule has 5 rings (SSSR count). The summed E-state index contributed by atoms with van der Waals surface area (Å²) in [4.78, 5) is 31.0. The zero-order valence-corrected chi connectivity index (χ0v) is 23.6. The number of Topliss-reactive ketones (excluding diaryl/α,β-unsaturated/α-hetero) is 1. The van der Waals surface area contributed by atoms with Gasteiger partial charge in [0.15, 0.2) is 11.6 Å². The second-order valence-corrected chi connectivity index (χ2v) is 10.9. The molecule has 2 heterocycles. The highest BCUT2D eigenvalue weighted by Gasteiger charge is 2.32. The first-order valence-corrected chi connectivity index (χ1v) is 14.2. The molecule has 1 aromatic heterocycles. The van der Waals surface area contributed by atoms with Crippen molar-refractivity contribution >= 4 is 23.2 Å². The number of pyridine rings is 1. The number of benzene rings is 2. The third-order valence-corrected chi connectivity index (χ3v) is 7.59. The van der Waals surface area contributed by atoms with E-state index in [0.717, 1.165) is 44.1 Å². The fourth-order valence-electron chi connectivity index (χ4n) is 5.01. The van der Waals surface area contributed by atoms with Crippen LogP contribution in [0.5, 0.6) is 11.5 Å². The van der Waals surface area contributed by atoms with E-state index in [1.807, 2.05) is 6.92 Å². The number of alkyl halides is 3. The Morgan fingerprint density at radius 3 is 2.49 bits per heavy atom. The highest BCUT2D eigenvalue weighted by atomic mass is 19.4. The van der Waals surface area contributed by atoms with E-state index in [9.17, 15) is 27.2 Å². The molecule has 1 aliphatic heterocycles. The summed E-state index contributed by atoms with van der Waals surface area (Å²) >= 11 is 0. The number of nitrogens with one attached hydrogen (secondary N) is 3. The molecule has 12 heteroatoms. The van der Waals surface area contributed by atoms with Crippen molar-refractivity contribution in [3.63, 3.8) is 0 Å². The minimum Gasteiger partial charge on any atom is -0.454 e. The molecule has 2 aromatic carbocycles. The lowest BCUT2D eigenvalue weighted by Crippen LogP contribution is -2.44. The molecule has 1 saturated heterocycles. The summed E-state index contributed by atoms with van der Waals surface area (Å²) in [5.41, 5.74) is 0.258. The Morgan fingerprint density at radius 1 is 1.05 bits per heavy atom. The lowest BCUT2D eigenvalue weighted by Gasteiger charge is -2.33. The van der Waals surface area contributed by atoms with Crippen LogP contribution in [-0.4, -0.2) is 47.9 Å². The molecule has 1 unspecified atom stereocenters. The molecule has 1 saturated carbocycles. The SMILES string of the molecule is CC(c1cc(NC(=O)Nc2ccc(Oc3ccnc(CCC(=O)C4CC4)c3)c(F)c2)cc(C(F)(F)F)c1)N1CCNCC1. The minimum absolute atomic E-state index is 0.0305. The molecule has 0 radical (unpaired) electrons. The van der Waals surface area contributed by atoms with Crippen LogP contribution in [0.4, 0.5) is 33.7 Å². The maximum atomic E-state index is 14.9. The van der Waals surface area contributed by atoms with Crippen LogP contribution in [0.15, 0.2) is 54.7 Å². The largest absolute Gasteiger partial charge is 0.454 e. The first kappa shape index (κ1) is 30.4. The molecular weight excluding hydrogens is 566 g/mol. The third kappa shape index (κ3) is 8.29. The standard InChI is InChI=1S/C31H33F4N5O3/c1-19(40-12-10-36-11-13-40)21-14-22(31(33,34)35)16-25(15-21)39-30(42)38-24-5-7-29(27(32)18-24)43-26-8-9-37-23(17-26)4-6-28(41)20-2-3-20/h5,7-9,14-20,36H,2-4,6,10-13H2,1H3,(H2,38,39,42). The summed E-state index contributed by atoms with van der Waals surface area (Å²) in [6, 6.07) is 9.38. The average molecular weight is 600 g/mol. The topological polar surface area (TPSA) is 95.6 Å². The van der Waals surface area contributed by atoms with Crippen LogP contribution < -0.4 is 20.7 Å². The van der Waals surface area contributed by atoms with Crippen LogP contribution >= 0.6 is 0 Å². The smallest absolute Gasteiger partial charge is 0.416 e. The molecule has 8 nitrogen and oxygen atoms in total. The van der Waals surface area contributed by atoms with Gasteiger partial charge in [0, 0.05) is 80.0 Å². The second kappa shape index (κ2) is 13.1. The van der Waals surface area contributed by atoms with E-state index in [-0.39, 0.29) is 34.9 Å². The number of halogens is 4. The molecule has 228 valence electrons. The van der Waals surface area contributed by atoms with Gasteiger partial charge in [-0.05, 0) is 68.1 Å². The van der Waals surface area contributed by atoms with Gasteiger partial charge in [-0.25, -0.2) is 9.18 Å². The number of nitrogens with zero attached hydrogens (tertiary/aromatic N) is 2. The normalized spacial score (nSPS) is 16.4. The highest BCUT2D eigenvalue weighted by molar-refractivity contribution is 5.99. The van der Waals surface area contributed by atoms with Gasteiger partial charge >= 0.3 is 12.2 Å². The van der Waals surface area contributed by atoms with E-state index >= 15 is 0 Å². The predicted molar refractivity (Wildman–Crippen MR) is 154 cm³/mol. The molecule has 2 fully saturated rings. The van der Waals surface area contributed by atoms with Crippen molar-refractivity contribution in [3.8, 4) is 11.5 Å². The van der Waals surface area contributed by atoms with Crippen molar-refractivity contribution in [1.29, 1.82) is 0 Å². The summed E-state index contributed by atoms with van der Waals surface area (Å²) in [5.74, 6) is -0.106. The van der Waals surface area contributed by atoms with Gasteiger partial charge in [0.05, 0.1) is 5.56 Å². The van der Waals surface area contributed by atoms with E-state index in [1.165, 1.54) is 24.4 Å². The van der Waals surface area contributed by atoms with Crippen molar-refractivity contribution in [3.05, 3.63) is 77.4 Å². The molecule has 3 aromatic rings. The number of hydrogen-bond acceptors (Lipinski definition) is 6. The van der Waals surface area contributed by atoms with Crippen LogP contribution in [-0.2, 0) is 17.4 Å². The molecule has 1 atom stereocenters. The zero-order chi connectivity index (χ0) is 30.6. The Balaban J connectivity index is 1.22. The van der Waals surface area contributed by atoms with E-state index in [0.29, 0.717) is 42.9 Å². The molecule has 3 N–H and O–H groups in total. The minimum atomic E-state index is -4.60. The molecule has 2 aliphatic rings. The van der Waals surface area contributed by atoms with Gasteiger partial charge in [0.1, 0.15) is 11.5 Å². The molecular formula is C31H33F4N5O3. The van der Waals surface area contributed by atoms with Gasteiger partial charge < -0.3 is 20.7 Å². The number of ether oxygens (including phenoxy) is 1. The zero-order valence-electron chi connectivity index (χ0n) is 23.6. The van der Waals surface area contributed by atoms with Crippen LogP contribution in [0.2, 0.25) is 0 Å². The number of anilines is 2. The number of urea groups is 1. The van der Waals surface area contributed by atoms with Gasteiger partial charge in [-0.1, -0.05) is 0 Å². The number of aryl methyl sites for hydroxylation is 1. The fourth-order valence-corrected chi connectivity index (χ4v) is 5.01. The van der Waals surface area contributed by atoms with Crippen molar-refractivity contribution in [2.24, 2.45) is 5.92 Å². The average Bonchev–Trinajstić information content (AvgIpc) is 3.83. The first-order chi connectivity index (χ1) is 20.5. The Kier molecular flexibility index (Phi) is 9.26. The van der Waals surface area contributed by atoms with Gasteiger partial charge in [-0.15, -0.1) is 0 Å². The van der Waals surface area contributed by atoms with Gasteiger partial charge in [-0.2, -0.15) is 13.2 Å². The molecule has 0 bridgehead atoms. The van der Waals surface area contributed by atoms with Crippen molar-refractivity contribution < 1.29 is 31.9 Å². The molecule has 43 heavy (non-hydrogen) atoms. The Bertz CT molecular complexity index is 1470. The van der Waals surface area contributed by atoms with Crippen LogP contribution in [0, 0.1) is 11.7 Å². The number of piperazine rings is 1. The fraction of sp³-hybridized carbons (Fsp3) is 0.387. The quantitative estimate of drug-likeness (QED) is 0.229. The van der Waals surface area contributed by atoms with Crippen LogP contribution in [0.1, 0.15) is 49.0 Å². The Morgan fingerprint density at radius 2 is 1.79 bits per heavy atom. The first-order valence-electron chi connectivity index (χ1n) is 14.2. The molecule has 0 spiro atoms. The number of aromatic nitrogens is 1. The maximum absolute atomic E-state index is 14.9. The van der Waals surface area contributed by atoms with Crippen molar-refractivity contribution in [1.82, 2.24) is 15.2 Å². The monoisotopic (exact) mass is 599 g/mol. The second-order valence-electron chi connectivity index (χ2n) is 10.9. The Labute approximate surface area is 246 Å². The summed E-state index contributed by atoms with van der Waals surface area (Å²) in [5, 5.41) is 8.12. The van der Waals surface area contributed by atoms with Gasteiger partial charge in [0.25, 0.3) is 0 Å². The summed E-state index contributed by atoms with van der Waals surface area (Å²) in [6.07, 6.45) is -0.319. The molecule has 1 aliphatic carbocycles. The molecule has 2 amide bonds. The number of carbonyl (C=O) groups excluding carboxylic acids is 2. The van der Waals surface area contributed by atoms with E-state index in [1.54, 1.807) is 12.1 Å². The van der Waals surface area contributed by atoms with Crippen molar-refractivity contribution in [2.45, 2.75) is 44.8 Å². The third-order valence-electron chi connectivity index (χ3n) is 7.59. The highest BCUT2D eigenvalue weighted by Crippen LogP contribution is 2.35. The number of amides is 2. The predicted octanol–water partition coefficient (Wildman–Crippen LogP) is 6.55. The summed E-state index contributed by atoms with van der Waals surface area (Å²) in [7, 11) is 0. The number of hydrogen-bond donors (Lipinski definition) is 3. The summed E-state index contributed by atoms with van der Waals surface area (Å²) in [6.45, 7) is 4.69. The van der Waals surface area contributed by atoms with E-state index < -0.39 is 23.6 Å². The van der Waals surface area contributed by atoms with Crippen molar-refractivity contribution in [2.75, 3.05) is 36.8 Å². The lowest BCUT2D eigenvalue weighted by atomic mass is 10.0. The number of ketones is 1. The van der Waals surface area contributed by atoms with Crippen LogP contribution in [0.3, 0.4) is 0 Å². The Hall–Kier alpha value is -4.03.